The number of ether oxygens (including phenoxy) is 1. The molecule has 0 aromatic heterocycles. The summed E-state index contributed by atoms with van der Waals surface area (Å²) in [5, 5.41) is 12.2. The van der Waals surface area contributed by atoms with Gasteiger partial charge in [-0.3, -0.25) is 0 Å². The number of carbonyl (C=O) groups is 2. The third-order valence-electron chi connectivity index (χ3n) is 4.95. The van der Waals surface area contributed by atoms with E-state index in [1.807, 2.05) is 0 Å². The van der Waals surface area contributed by atoms with E-state index in [1.165, 1.54) is 0 Å². The van der Waals surface area contributed by atoms with Crippen LogP contribution < -0.4 is 5.32 Å². The fourth-order valence-corrected chi connectivity index (χ4v) is 3.46. The van der Waals surface area contributed by atoms with Gasteiger partial charge in [0.25, 0.3) is 0 Å². The molecule has 0 radical (unpaired) electrons. The van der Waals surface area contributed by atoms with Gasteiger partial charge in [0.05, 0.1) is 18.8 Å². The number of hydrogen-bond donors (Lipinski definition) is 2. The highest BCUT2D eigenvalue weighted by atomic mass is 16.5. The predicted octanol–water partition coefficient (Wildman–Crippen LogP) is 1.20. The SMILES string of the molecule is CC(NC(=O)N1CCOC2CCCC21)(C(=O)O)C1CC1. The highest BCUT2D eigenvalue weighted by Gasteiger charge is 2.50. The molecular weight excluding hydrogens is 260 g/mol. The Bertz CT molecular complexity index is 423. The van der Waals surface area contributed by atoms with E-state index in [1.54, 1.807) is 11.8 Å². The number of carbonyl (C=O) groups excluding carboxylic acids is 1. The van der Waals surface area contributed by atoms with Crippen LogP contribution >= 0.6 is 0 Å². The molecule has 0 spiro atoms. The Hall–Kier alpha value is -1.30. The smallest absolute Gasteiger partial charge is 0.329 e. The number of urea groups is 1. The maximum absolute atomic E-state index is 12.5. The minimum Gasteiger partial charge on any atom is -0.480 e. The molecule has 3 aliphatic rings. The van der Waals surface area contributed by atoms with E-state index >= 15 is 0 Å². The largest absolute Gasteiger partial charge is 0.480 e. The molecule has 3 rings (SSSR count). The summed E-state index contributed by atoms with van der Waals surface area (Å²) >= 11 is 0. The van der Waals surface area contributed by atoms with Crippen LogP contribution in [0.4, 0.5) is 4.79 Å². The van der Waals surface area contributed by atoms with Crippen molar-refractivity contribution in [2.75, 3.05) is 13.2 Å². The molecule has 3 atom stereocenters. The lowest BCUT2D eigenvalue weighted by atomic mass is 9.96. The summed E-state index contributed by atoms with van der Waals surface area (Å²) in [6.45, 7) is 2.71. The van der Waals surface area contributed by atoms with E-state index in [0.717, 1.165) is 32.1 Å². The molecule has 0 aromatic carbocycles. The lowest BCUT2D eigenvalue weighted by Crippen LogP contribution is -2.61. The monoisotopic (exact) mass is 282 g/mol. The van der Waals surface area contributed by atoms with Crippen molar-refractivity contribution >= 4 is 12.0 Å². The van der Waals surface area contributed by atoms with Gasteiger partial charge in [-0.15, -0.1) is 0 Å². The average molecular weight is 282 g/mol. The average Bonchev–Trinajstić information content (AvgIpc) is 3.16. The summed E-state index contributed by atoms with van der Waals surface area (Å²) in [6, 6.07) is -0.136. The summed E-state index contributed by atoms with van der Waals surface area (Å²) in [6.07, 6.45) is 4.89. The van der Waals surface area contributed by atoms with E-state index in [4.69, 9.17) is 4.74 Å². The molecule has 2 amide bonds. The number of carboxylic acid groups (broad SMARTS) is 1. The maximum Gasteiger partial charge on any atom is 0.329 e. The minimum absolute atomic E-state index is 0.0596. The van der Waals surface area contributed by atoms with E-state index in [2.05, 4.69) is 5.32 Å². The Labute approximate surface area is 118 Å². The Balaban J connectivity index is 1.70. The molecule has 20 heavy (non-hydrogen) atoms. The van der Waals surface area contributed by atoms with Crippen LogP contribution in [0.5, 0.6) is 0 Å². The molecule has 1 aliphatic heterocycles. The molecule has 112 valence electrons. The van der Waals surface area contributed by atoms with Crippen molar-refractivity contribution in [3.05, 3.63) is 0 Å². The number of nitrogens with one attached hydrogen (secondary N) is 1. The molecular formula is C14H22N2O4. The van der Waals surface area contributed by atoms with Gasteiger partial charge in [0.1, 0.15) is 5.54 Å². The second kappa shape index (κ2) is 4.91. The van der Waals surface area contributed by atoms with Gasteiger partial charge in [0.2, 0.25) is 0 Å². The van der Waals surface area contributed by atoms with Crippen LogP contribution in [0.2, 0.25) is 0 Å². The van der Waals surface area contributed by atoms with Crippen LogP contribution in [0.25, 0.3) is 0 Å². The maximum atomic E-state index is 12.5. The van der Waals surface area contributed by atoms with Crippen molar-refractivity contribution < 1.29 is 19.4 Å². The van der Waals surface area contributed by atoms with E-state index in [-0.39, 0.29) is 24.1 Å². The molecule has 2 aliphatic carbocycles. The zero-order valence-corrected chi connectivity index (χ0v) is 11.8. The van der Waals surface area contributed by atoms with Gasteiger partial charge in [-0.1, -0.05) is 0 Å². The van der Waals surface area contributed by atoms with Crippen molar-refractivity contribution in [2.24, 2.45) is 5.92 Å². The Morgan fingerprint density at radius 2 is 2.05 bits per heavy atom. The summed E-state index contributed by atoms with van der Waals surface area (Å²) in [7, 11) is 0. The predicted molar refractivity (Wildman–Crippen MR) is 71.4 cm³/mol. The lowest BCUT2D eigenvalue weighted by molar-refractivity contribution is -0.144. The van der Waals surface area contributed by atoms with Gasteiger partial charge >= 0.3 is 12.0 Å². The number of amides is 2. The van der Waals surface area contributed by atoms with Crippen molar-refractivity contribution in [1.29, 1.82) is 0 Å². The van der Waals surface area contributed by atoms with Gasteiger partial charge < -0.3 is 20.1 Å². The van der Waals surface area contributed by atoms with Gasteiger partial charge in [0, 0.05) is 6.54 Å². The molecule has 6 nitrogen and oxygen atoms in total. The van der Waals surface area contributed by atoms with Crippen molar-refractivity contribution in [1.82, 2.24) is 10.2 Å². The first-order chi connectivity index (χ1) is 9.52. The first-order valence-corrected chi connectivity index (χ1v) is 7.46. The Morgan fingerprint density at radius 1 is 1.30 bits per heavy atom. The van der Waals surface area contributed by atoms with Gasteiger partial charge in [0.15, 0.2) is 0 Å². The standard InChI is InChI=1S/C14H22N2O4/c1-14(12(17)18,9-5-6-9)15-13(19)16-7-8-20-11-4-2-3-10(11)16/h9-11H,2-8H2,1H3,(H,15,19)(H,17,18). The van der Waals surface area contributed by atoms with Gasteiger partial charge in [-0.05, 0) is 44.9 Å². The summed E-state index contributed by atoms with van der Waals surface area (Å²) in [5.74, 6) is -0.881. The fraction of sp³-hybridized carbons (Fsp3) is 0.857. The molecule has 6 heteroatoms. The number of rotatable bonds is 3. The molecule has 1 heterocycles. The van der Waals surface area contributed by atoms with Crippen molar-refractivity contribution in [3.63, 3.8) is 0 Å². The summed E-state index contributed by atoms with van der Waals surface area (Å²) in [5.41, 5.74) is -1.14. The quantitative estimate of drug-likeness (QED) is 0.815. The highest BCUT2D eigenvalue weighted by Crippen LogP contribution is 2.40. The fourth-order valence-electron chi connectivity index (χ4n) is 3.46. The van der Waals surface area contributed by atoms with Gasteiger partial charge in [-0.25, -0.2) is 9.59 Å². The van der Waals surface area contributed by atoms with Crippen LogP contribution in [0.3, 0.4) is 0 Å². The zero-order valence-electron chi connectivity index (χ0n) is 11.8. The second-order valence-corrected chi connectivity index (χ2v) is 6.31. The Kier molecular flexibility index (Phi) is 3.36. The third kappa shape index (κ3) is 2.26. The van der Waals surface area contributed by atoms with Gasteiger partial charge in [-0.2, -0.15) is 0 Å². The van der Waals surface area contributed by atoms with Crippen LogP contribution in [0.1, 0.15) is 39.0 Å². The van der Waals surface area contributed by atoms with E-state index in [9.17, 15) is 14.7 Å². The first-order valence-electron chi connectivity index (χ1n) is 7.46. The van der Waals surface area contributed by atoms with E-state index < -0.39 is 11.5 Å². The number of aliphatic carboxylic acids is 1. The molecule has 3 fully saturated rings. The molecule has 0 bridgehead atoms. The minimum atomic E-state index is -1.14. The molecule has 2 saturated carbocycles. The normalized spacial score (nSPS) is 32.4. The number of carboxylic acids is 1. The van der Waals surface area contributed by atoms with Crippen LogP contribution in [-0.2, 0) is 9.53 Å². The molecule has 0 aromatic rings. The summed E-state index contributed by atoms with van der Waals surface area (Å²) in [4.78, 5) is 25.8. The number of morpholine rings is 1. The Morgan fingerprint density at radius 3 is 2.70 bits per heavy atom. The van der Waals surface area contributed by atoms with E-state index in [0.29, 0.717) is 13.2 Å². The third-order valence-corrected chi connectivity index (χ3v) is 4.95. The highest BCUT2D eigenvalue weighted by molar-refractivity contribution is 5.86. The summed E-state index contributed by atoms with van der Waals surface area (Å²) < 4.78 is 5.68. The van der Waals surface area contributed by atoms with Crippen LogP contribution in [-0.4, -0.2) is 52.8 Å². The van der Waals surface area contributed by atoms with Crippen molar-refractivity contribution in [2.45, 2.75) is 56.7 Å². The topological polar surface area (TPSA) is 78.9 Å². The number of nitrogens with zero attached hydrogens (tertiary/aromatic N) is 1. The molecule has 1 saturated heterocycles. The number of hydrogen-bond acceptors (Lipinski definition) is 3. The van der Waals surface area contributed by atoms with Crippen molar-refractivity contribution in [3.8, 4) is 0 Å². The lowest BCUT2D eigenvalue weighted by Gasteiger charge is -2.39. The first kappa shape index (κ1) is 13.7. The van der Waals surface area contributed by atoms with Crippen LogP contribution in [0, 0.1) is 5.92 Å². The van der Waals surface area contributed by atoms with Crippen LogP contribution in [0.15, 0.2) is 0 Å². The number of fused-ring (bicyclic) bond motifs is 1. The second-order valence-electron chi connectivity index (χ2n) is 6.31. The molecule has 2 N–H and O–H groups in total. The molecule has 3 unspecified atom stereocenters. The zero-order chi connectivity index (χ0) is 14.3.